The number of benzene rings is 2. The molecule has 0 aliphatic carbocycles. The third-order valence-electron chi connectivity index (χ3n) is 4.98. The summed E-state index contributed by atoms with van der Waals surface area (Å²) in [5.41, 5.74) is 2.44. The SMILES string of the molecule is Cc1oc2nc(SCC(=O)Nc3ccc(C#N)c(Cl)c3)nc(NC(=O)c3ccccc3)c2c1C. The van der Waals surface area contributed by atoms with Crippen LogP contribution in [0.3, 0.4) is 0 Å². The molecule has 0 aliphatic heterocycles. The van der Waals surface area contributed by atoms with Crippen LogP contribution in [0.15, 0.2) is 58.1 Å². The Labute approximate surface area is 204 Å². The van der Waals surface area contributed by atoms with Gasteiger partial charge >= 0.3 is 0 Å². The van der Waals surface area contributed by atoms with Gasteiger partial charge in [-0.05, 0) is 44.2 Å². The molecule has 2 N–H and O–H groups in total. The number of nitriles is 1. The molecule has 0 atom stereocenters. The third-order valence-corrected chi connectivity index (χ3v) is 6.14. The highest BCUT2D eigenvalue weighted by molar-refractivity contribution is 7.99. The molecule has 10 heteroatoms. The van der Waals surface area contributed by atoms with Crippen LogP contribution in [0, 0.1) is 25.2 Å². The van der Waals surface area contributed by atoms with Gasteiger partial charge in [0.15, 0.2) is 5.16 Å². The van der Waals surface area contributed by atoms with Gasteiger partial charge < -0.3 is 15.1 Å². The van der Waals surface area contributed by atoms with E-state index in [1.165, 1.54) is 12.1 Å². The van der Waals surface area contributed by atoms with Gasteiger partial charge in [-0.25, -0.2) is 4.98 Å². The Morgan fingerprint density at radius 1 is 1.12 bits per heavy atom. The number of amides is 2. The number of carbonyl (C=O) groups excluding carboxylic acids is 2. The average molecular weight is 492 g/mol. The summed E-state index contributed by atoms with van der Waals surface area (Å²) < 4.78 is 5.75. The van der Waals surface area contributed by atoms with Crippen molar-refractivity contribution >= 4 is 57.8 Å². The lowest BCUT2D eigenvalue weighted by atomic mass is 10.2. The summed E-state index contributed by atoms with van der Waals surface area (Å²) in [7, 11) is 0. The number of anilines is 2. The van der Waals surface area contributed by atoms with Crippen LogP contribution >= 0.6 is 23.4 Å². The number of nitrogens with one attached hydrogen (secondary N) is 2. The van der Waals surface area contributed by atoms with Gasteiger partial charge in [-0.2, -0.15) is 10.2 Å². The maximum atomic E-state index is 12.7. The lowest BCUT2D eigenvalue weighted by molar-refractivity contribution is -0.113. The van der Waals surface area contributed by atoms with Crippen LogP contribution in [-0.4, -0.2) is 27.5 Å². The zero-order chi connectivity index (χ0) is 24.2. The van der Waals surface area contributed by atoms with Crippen molar-refractivity contribution in [1.82, 2.24) is 9.97 Å². The van der Waals surface area contributed by atoms with Gasteiger partial charge in [0.2, 0.25) is 11.6 Å². The third kappa shape index (κ3) is 5.03. The summed E-state index contributed by atoms with van der Waals surface area (Å²) in [5.74, 6) is 0.363. The zero-order valence-electron chi connectivity index (χ0n) is 18.2. The lowest BCUT2D eigenvalue weighted by Crippen LogP contribution is -2.15. The molecule has 0 fully saturated rings. The molecule has 4 rings (SSSR count). The minimum Gasteiger partial charge on any atom is -0.443 e. The van der Waals surface area contributed by atoms with Crippen LogP contribution in [0.2, 0.25) is 5.02 Å². The van der Waals surface area contributed by atoms with Crippen LogP contribution in [0.5, 0.6) is 0 Å². The maximum absolute atomic E-state index is 12.7. The Morgan fingerprint density at radius 3 is 2.59 bits per heavy atom. The molecule has 0 saturated carbocycles. The van der Waals surface area contributed by atoms with Gasteiger partial charge in [0, 0.05) is 16.8 Å². The fraction of sp³-hybridized carbons (Fsp3) is 0.125. The number of furan rings is 1. The number of halogens is 1. The van der Waals surface area contributed by atoms with Crippen molar-refractivity contribution < 1.29 is 14.0 Å². The molecule has 4 aromatic rings. The molecule has 8 nitrogen and oxygen atoms in total. The average Bonchev–Trinajstić information content (AvgIpc) is 3.11. The maximum Gasteiger partial charge on any atom is 0.256 e. The summed E-state index contributed by atoms with van der Waals surface area (Å²) in [6, 6.07) is 15.4. The highest BCUT2D eigenvalue weighted by Gasteiger charge is 2.19. The molecular weight excluding hydrogens is 474 g/mol. The number of aryl methyl sites for hydroxylation is 2. The first-order valence-corrected chi connectivity index (χ1v) is 11.5. The van der Waals surface area contributed by atoms with Gasteiger partial charge in [-0.3, -0.25) is 9.59 Å². The number of thioether (sulfide) groups is 1. The molecule has 0 saturated heterocycles. The minimum atomic E-state index is -0.315. The van der Waals surface area contributed by atoms with E-state index in [-0.39, 0.29) is 27.7 Å². The molecule has 0 aliphatic rings. The topological polar surface area (TPSA) is 121 Å². The summed E-state index contributed by atoms with van der Waals surface area (Å²) in [4.78, 5) is 34.0. The summed E-state index contributed by atoms with van der Waals surface area (Å²) >= 11 is 7.11. The van der Waals surface area contributed by atoms with Crippen LogP contribution in [-0.2, 0) is 4.79 Å². The van der Waals surface area contributed by atoms with Crippen molar-refractivity contribution in [2.45, 2.75) is 19.0 Å². The first kappa shape index (κ1) is 23.3. The summed E-state index contributed by atoms with van der Waals surface area (Å²) in [6.45, 7) is 3.68. The van der Waals surface area contributed by atoms with E-state index in [1.54, 1.807) is 30.3 Å². The fourth-order valence-corrected chi connectivity index (χ4v) is 4.02. The molecule has 34 heavy (non-hydrogen) atoms. The highest BCUT2D eigenvalue weighted by Crippen LogP contribution is 2.31. The minimum absolute atomic E-state index is 0.00781. The number of carbonyl (C=O) groups is 2. The number of fused-ring (bicyclic) bond motifs is 1. The molecular formula is C24H18ClN5O3S. The summed E-state index contributed by atoms with van der Waals surface area (Å²) in [5, 5.41) is 15.7. The second-order valence-corrected chi connectivity index (χ2v) is 8.63. The largest absolute Gasteiger partial charge is 0.443 e. The second kappa shape index (κ2) is 9.95. The molecule has 0 unspecified atom stereocenters. The quantitative estimate of drug-likeness (QED) is 0.275. The molecule has 2 aromatic heterocycles. The van der Waals surface area contributed by atoms with Crippen molar-refractivity contribution in [2.24, 2.45) is 0 Å². The van der Waals surface area contributed by atoms with E-state index >= 15 is 0 Å². The van der Waals surface area contributed by atoms with Gasteiger partial charge in [-0.1, -0.05) is 41.6 Å². The van der Waals surface area contributed by atoms with E-state index in [0.29, 0.717) is 39.5 Å². The Hall–Kier alpha value is -3.87. The van der Waals surface area contributed by atoms with E-state index in [0.717, 1.165) is 17.3 Å². The van der Waals surface area contributed by atoms with Gasteiger partial charge in [0.25, 0.3) is 5.91 Å². The van der Waals surface area contributed by atoms with Crippen LogP contribution in [0.25, 0.3) is 11.1 Å². The Bertz CT molecular complexity index is 1450. The molecule has 2 aromatic carbocycles. The molecule has 170 valence electrons. The molecule has 0 bridgehead atoms. The van der Waals surface area contributed by atoms with Crippen LogP contribution in [0.4, 0.5) is 11.5 Å². The first-order chi connectivity index (χ1) is 16.4. The Morgan fingerprint density at radius 2 is 1.88 bits per heavy atom. The molecule has 2 amide bonds. The second-order valence-electron chi connectivity index (χ2n) is 7.28. The standard InChI is InChI=1S/C24H18ClN5O3S/c1-13-14(2)33-23-20(13)21(28-22(32)15-6-4-3-5-7-15)29-24(30-23)34-12-19(31)27-17-9-8-16(11-26)18(25)10-17/h3-10H,12H2,1-2H3,(H,27,31)(H,28,29,30,32). The monoisotopic (exact) mass is 491 g/mol. The van der Waals surface area contributed by atoms with E-state index in [1.807, 2.05) is 26.0 Å². The van der Waals surface area contributed by atoms with Crippen molar-refractivity contribution in [3.63, 3.8) is 0 Å². The number of nitrogens with zero attached hydrogens (tertiary/aromatic N) is 3. The van der Waals surface area contributed by atoms with E-state index < -0.39 is 0 Å². The van der Waals surface area contributed by atoms with Crippen molar-refractivity contribution in [2.75, 3.05) is 16.4 Å². The van der Waals surface area contributed by atoms with Gasteiger partial charge in [0.1, 0.15) is 17.6 Å². The first-order valence-electron chi connectivity index (χ1n) is 10.1. The van der Waals surface area contributed by atoms with Crippen LogP contribution < -0.4 is 10.6 Å². The molecule has 0 spiro atoms. The number of hydrogen-bond acceptors (Lipinski definition) is 7. The summed E-state index contributed by atoms with van der Waals surface area (Å²) in [6.07, 6.45) is 0. The van der Waals surface area contributed by atoms with Crippen molar-refractivity contribution in [3.05, 3.63) is 76.0 Å². The molecule has 0 radical (unpaired) electrons. The zero-order valence-corrected chi connectivity index (χ0v) is 19.8. The van der Waals surface area contributed by atoms with Gasteiger partial charge in [-0.15, -0.1) is 0 Å². The predicted molar refractivity (Wildman–Crippen MR) is 131 cm³/mol. The number of rotatable bonds is 6. The molecule has 2 heterocycles. The smallest absolute Gasteiger partial charge is 0.256 e. The van der Waals surface area contributed by atoms with Gasteiger partial charge in [0.05, 0.1) is 21.7 Å². The van der Waals surface area contributed by atoms with Crippen LogP contribution in [0.1, 0.15) is 27.2 Å². The predicted octanol–water partition coefficient (Wildman–Crippen LogP) is 5.35. The Balaban J connectivity index is 1.53. The fourth-order valence-electron chi connectivity index (χ4n) is 3.16. The normalized spacial score (nSPS) is 10.6. The van der Waals surface area contributed by atoms with E-state index in [4.69, 9.17) is 21.3 Å². The number of hydrogen-bond donors (Lipinski definition) is 2. The Kier molecular flexibility index (Phi) is 6.82. The number of aromatic nitrogens is 2. The van der Waals surface area contributed by atoms with Crippen molar-refractivity contribution in [1.29, 1.82) is 5.26 Å². The lowest BCUT2D eigenvalue weighted by Gasteiger charge is -2.09. The van der Waals surface area contributed by atoms with Crippen molar-refractivity contribution in [3.8, 4) is 6.07 Å². The van der Waals surface area contributed by atoms with E-state index in [2.05, 4.69) is 20.6 Å². The van der Waals surface area contributed by atoms with E-state index in [9.17, 15) is 9.59 Å². The highest BCUT2D eigenvalue weighted by atomic mass is 35.5.